The summed E-state index contributed by atoms with van der Waals surface area (Å²) in [4.78, 5) is 24.9. The van der Waals surface area contributed by atoms with Gasteiger partial charge < -0.3 is 15.4 Å². The number of nitrogens with zero attached hydrogens (tertiary/aromatic N) is 1. The number of nitrogen functional groups attached to an aromatic ring is 1. The molecule has 1 atom stereocenters. The Kier molecular flexibility index (Phi) is 2.98. The van der Waals surface area contributed by atoms with Crippen molar-refractivity contribution in [3.63, 3.8) is 0 Å². The van der Waals surface area contributed by atoms with Crippen molar-refractivity contribution in [2.45, 2.75) is 13.8 Å². The number of ether oxygens (including phenoxy) is 1. The Hall–Kier alpha value is -2.04. The maximum Gasteiger partial charge on any atom is 0.233 e. The van der Waals surface area contributed by atoms with Gasteiger partial charge in [0.05, 0.1) is 23.9 Å². The van der Waals surface area contributed by atoms with Crippen molar-refractivity contribution in [3.05, 3.63) is 17.7 Å². The van der Waals surface area contributed by atoms with Crippen LogP contribution in [0.3, 0.4) is 0 Å². The Morgan fingerprint density at radius 3 is 2.78 bits per heavy atom. The number of benzene rings is 1. The van der Waals surface area contributed by atoms with Gasteiger partial charge in [0.2, 0.25) is 5.91 Å². The number of carbonyl (C=O) groups is 2. The maximum absolute atomic E-state index is 12.0. The zero-order valence-corrected chi connectivity index (χ0v) is 10.7. The van der Waals surface area contributed by atoms with Crippen molar-refractivity contribution < 1.29 is 14.3 Å². The molecule has 1 heterocycles. The number of rotatable bonds is 1. The molecule has 0 bridgehead atoms. The van der Waals surface area contributed by atoms with Crippen molar-refractivity contribution in [1.29, 1.82) is 0 Å². The predicted octanol–water partition coefficient (Wildman–Crippen LogP) is 1.46. The number of ketones is 1. The van der Waals surface area contributed by atoms with E-state index in [1.54, 1.807) is 26.1 Å². The highest BCUT2D eigenvalue weighted by Gasteiger charge is 2.28. The van der Waals surface area contributed by atoms with Crippen molar-refractivity contribution in [3.8, 4) is 5.75 Å². The molecule has 5 nitrogen and oxygen atoms in total. The van der Waals surface area contributed by atoms with Gasteiger partial charge in [-0.1, -0.05) is 6.92 Å². The molecule has 0 fully saturated rings. The van der Waals surface area contributed by atoms with Gasteiger partial charge in [0.15, 0.2) is 11.5 Å². The summed E-state index contributed by atoms with van der Waals surface area (Å²) in [6.07, 6.45) is 0. The zero-order valence-electron chi connectivity index (χ0n) is 10.7. The van der Waals surface area contributed by atoms with Crippen LogP contribution in [-0.4, -0.2) is 25.3 Å². The number of nitrogens with two attached hydrogens (primary N) is 1. The third kappa shape index (κ3) is 1.92. The van der Waals surface area contributed by atoms with Crippen molar-refractivity contribution in [2.75, 3.05) is 24.3 Å². The van der Waals surface area contributed by atoms with E-state index in [2.05, 4.69) is 0 Å². The third-order valence-electron chi connectivity index (χ3n) is 3.10. The molecule has 1 aromatic rings. The van der Waals surface area contributed by atoms with E-state index in [-0.39, 0.29) is 17.6 Å². The fourth-order valence-corrected chi connectivity index (χ4v) is 1.97. The summed E-state index contributed by atoms with van der Waals surface area (Å²) in [6.45, 7) is 3.55. The monoisotopic (exact) mass is 248 g/mol. The molecule has 0 aromatic heterocycles. The summed E-state index contributed by atoms with van der Waals surface area (Å²) >= 11 is 0. The highest BCUT2D eigenvalue weighted by molar-refractivity contribution is 6.02. The second-order valence-electron chi connectivity index (χ2n) is 4.58. The fraction of sp³-hybridized carbons (Fsp3) is 0.385. The normalized spacial score (nSPS) is 18.9. The van der Waals surface area contributed by atoms with E-state index in [0.29, 0.717) is 29.3 Å². The Morgan fingerprint density at radius 1 is 1.50 bits per heavy atom. The minimum absolute atomic E-state index is 0.0474. The Bertz CT molecular complexity index is 525. The molecule has 0 radical (unpaired) electrons. The molecule has 1 aromatic carbocycles. The van der Waals surface area contributed by atoms with Crippen LogP contribution in [0.25, 0.3) is 0 Å². The van der Waals surface area contributed by atoms with Gasteiger partial charge in [0.1, 0.15) is 0 Å². The first kappa shape index (κ1) is 12.4. The lowest BCUT2D eigenvalue weighted by atomic mass is 10.1. The lowest BCUT2D eigenvalue weighted by molar-refractivity contribution is -0.122. The van der Waals surface area contributed by atoms with Crippen LogP contribution in [0.2, 0.25) is 0 Å². The van der Waals surface area contributed by atoms with E-state index in [9.17, 15) is 9.59 Å². The molecule has 0 spiro atoms. The number of hydrogen-bond donors (Lipinski definition) is 1. The molecule has 1 aliphatic rings. The van der Waals surface area contributed by atoms with Crippen LogP contribution in [0, 0.1) is 5.92 Å². The van der Waals surface area contributed by atoms with Gasteiger partial charge in [0, 0.05) is 12.6 Å². The number of Topliss-reactive ketones (excluding diaryl/α,β-unsaturated/α-hetero) is 1. The van der Waals surface area contributed by atoms with Crippen LogP contribution in [0.15, 0.2) is 12.1 Å². The molecule has 1 amide bonds. The number of hydrogen-bond acceptors (Lipinski definition) is 4. The van der Waals surface area contributed by atoms with Gasteiger partial charge in [-0.2, -0.15) is 0 Å². The average molecular weight is 248 g/mol. The summed E-state index contributed by atoms with van der Waals surface area (Å²) in [5.74, 6) is 0.0966. The lowest BCUT2D eigenvalue weighted by Crippen LogP contribution is -2.31. The Balaban J connectivity index is 2.59. The molecular formula is C13H16N2O3. The van der Waals surface area contributed by atoms with Crippen molar-refractivity contribution in [1.82, 2.24) is 0 Å². The summed E-state index contributed by atoms with van der Waals surface area (Å²) in [5, 5.41) is 0. The van der Waals surface area contributed by atoms with E-state index >= 15 is 0 Å². The topological polar surface area (TPSA) is 72.6 Å². The van der Waals surface area contributed by atoms with E-state index in [0.717, 1.165) is 0 Å². The van der Waals surface area contributed by atoms with Crippen LogP contribution in [0.4, 0.5) is 11.4 Å². The van der Waals surface area contributed by atoms with Gasteiger partial charge in [-0.25, -0.2) is 0 Å². The molecule has 96 valence electrons. The largest absolute Gasteiger partial charge is 0.488 e. The van der Waals surface area contributed by atoms with Gasteiger partial charge >= 0.3 is 0 Å². The number of anilines is 2. The second-order valence-corrected chi connectivity index (χ2v) is 4.58. The van der Waals surface area contributed by atoms with Crippen molar-refractivity contribution in [2.24, 2.45) is 5.92 Å². The molecule has 1 unspecified atom stereocenters. The van der Waals surface area contributed by atoms with Gasteiger partial charge in [-0.3, -0.25) is 9.59 Å². The SMILES string of the molecule is CC(=O)c1cc(N)c2c(c1)N(C)C(=O)C(C)CO2. The van der Waals surface area contributed by atoms with Crippen LogP contribution in [0.1, 0.15) is 24.2 Å². The van der Waals surface area contributed by atoms with Crippen LogP contribution >= 0.6 is 0 Å². The zero-order chi connectivity index (χ0) is 13.4. The first-order chi connectivity index (χ1) is 8.41. The summed E-state index contributed by atoms with van der Waals surface area (Å²) < 4.78 is 5.57. The average Bonchev–Trinajstić information content (AvgIpc) is 2.43. The van der Waals surface area contributed by atoms with E-state index < -0.39 is 0 Å². The standard InChI is InChI=1S/C13H16N2O3/c1-7-6-18-12-10(14)4-9(8(2)16)5-11(12)15(3)13(7)17/h4-5,7H,6,14H2,1-3H3. The number of fused-ring (bicyclic) bond motifs is 1. The fourth-order valence-electron chi connectivity index (χ4n) is 1.97. The lowest BCUT2D eigenvalue weighted by Gasteiger charge is -2.19. The second kappa shape index (κ2) is 4.33. The maximum atomic E-state index is 12.0. The summed E-state index contributed by atoms with van der Waals surface area (Å²) in [6, 6.07) is 3.22. The quantitative estimate of drug-likeness (QED) is 0.603. The van der Waals surface area contributed by atoms with Crippen LogP contribution in [-0.2, 0) is 4.79 Å². The molecule has 18 heavy (non-hydrogen) atoms. The molecule has 2 rings (SSSR count). The Labute approximate surface area is 106 Å². The molecule has 5 heteroatoms. The highest BCUT2D eigenvalue weighted by Crippen LogP contribution is 2.38. The third-order valence-corrected chi connectivity index (χ3v) is 3.10. The van der Waals surface area contributed by atoms with Gasteiger partial charge in [-0.15, -0.1) is 0 Å². The van der Waals surface area contributed by atoms with Crippen LogP contribution < -0.4 is 15.4 Å². The molecule has 0 saturated carbocycles. The van der Waals surface area contributed by atoms with E-state index in [4.69, 9.17) is 10.5 Å². The number of amides is 1. The van der Waals surface area contributed by atoms with Crippen LogP contribution in [0.5, 0.6) is 5.75 Å². The predicted molar refractivity (Wildman–Crippen MR) is 68.9 cm³/mol. The van der Waals surface area contributed by atoms with E-state index in [1.165, 1.54) is 11.8 Å². The van der Waals surface area contributed by atoms with Gasteiger partial charge in [-0.05, 0) is 19.1 Å². The minimum atomic E-state index is -0.234. The van der Waals surface area contributed by atoms with Gasteiger partial charge in [0.25, 0.3) is 0 Å². The molecular weight excluding hydrogens is 232 g/mol. The van der Waals surface area contributed by atoms with Crippen molar-refractivity contribution >= 4 is 23.1 Å². The summed E-state index contributed by atoms with van der Waals surface area (Å²) in [7, 11) is 1.66. The Morgan fingerprint density at radius 2 is 2.17 bits per heavy atom. The first-order valence-electron chi connectivity index (χ1n) is 5.76. The first-order valence-corrected chi connectivity index (χ1v) is 5.76. The highest BCUT2D eigenvalue weighted by atomic mass is 16.5. The smallest absolute Gasteiger partial charge is 0.233 e. The molecule has 0 saturated heterocycles. The van der Waals surface area contributed by atoms with E-state index in [1.807, 2.05) is 0 Å². The molecule has 1 aliphatic heterocycles. The minimum Gasteiger partial charge on any atom is -0.488 e. The molecule has 2 N–H and O–H groups in total. The molecule has 0 aliphatic carbocycles. The number of carbonyl (C=O) groups excluding carboxylic acids is 2. The summed E-state index contributed by atoms with van der Waals surface area (Å²) in [5.41, 5.74) is 7.29.